The predicted molar refractivity (Wildman–Crippen MR) is 88.6 cm³/mol. The molecule has 0 spiro atoms. The Bertz CT molecular complexity index is 812. The molecule has 0 fully saturated rings. The van der Waals surface area contributed by atoms with Crippen molar-refractivity contribution in [3.05, 3.63) is 53.9 Å². The fraction of sp³-hybridized carbons (Fsp3) is 0.222. The Morgan fingerprint density at radius 1 is 0.875 bits per heavy atom. The third-order valence-corrected chi connectivity index (χ3v) is 3.63. The topological polar surface area (TPSA) is 66.6 Å². The molecule has 0 aliphatic rings. The van der Waals surface area contributed by atoms with Crippen LogP contribution in [0.2, 0.25) is 0 Å². The second kappa shape index (κ2) is 7.04. The molecule has 0 atom stereocenters. The van der Waals surface area contributed by atoms with Crippen LogP contribution in [-0.2, 0) is 6.42 Å². The van der Waals surface area contributed by atoms with Crippen molar-refractivity contribution in [2.24, 2.45) is 0 Å². The van der Waals surface area contributed by atoms with Gasteiger partial charge in [-0.3, -0.25) is 0 Å². The summed E-state index contributed by atoms with van der Waals surface area (Å²) in [6.45, 7) is 0. The highest BCUT2D eigenvalue weighted by Crippen LogP contribution is 2.32. The van der Waals surface area contributed by atoms with E-state index in [1.165, 1.54) is 0 Å². The maximum Gasteiger partial charge on any atom is 0.261 e. The molecule has 3 rings (SSSR count). The van der Waals surface area contributed by atoms with Gasteiger partial charge in [-0.15, -0.1) is 0 Å². The summed E-state index contributed by atoms with van der Waals surface area (Å²) in [4.78, 5) is 4.45. The van der Waals surface area contributed by atoms with Crippen LogP contribution in [0.15, 0.2) is 47.0 Å². The summed E-state index contributed by atoms with van der Waals surface area (Å²) in [7, 11) is 4.84. The molecule has 0 bridgehead atoms. The van der Waals surface area contributed by atoms with Gasteiger partial charge in [0.25, 0.3) is 5.89 Å². The lowest BCUT2D eigenvalue weighted by atomic mass is 10.1. The molecule has 0 radical (unpaired) electrons. The second-order valence-electron chi connectivity index (χ2n) is 5.11. The van der Waals surface area contributed by atoms with Crippen molar-refractivity contribution in [2.75, 3.05) is 21.3 Å². The number of methoxy groups -OCH3 is 3. The Hall–Kier alpha value is -3.02. The second-order valence-corrected chi connectivity index (χ2v) is 5.11. The summed E-state index contributed by atoms with van der Waals surface area (Å²) >= 11 is 0. The first-order chi connectivity index (χ1) is 11.7. The average Bonchev–Trinajstić information content (AvgIpc) is 3.10. The monoisotopic (exact) mass is 326 g/mol. The average molecular weight is 326 g/mol. The molecule has 24 heavy (non-hydrogen) atoms. The number of hydrogen-bond acceptors (Lipinski definition) is 6. The van der Waals surface area contributed by atoms with Crippen LogP contribution in [0.25, 0.3) is 11.5 Å². The highest BCUT2D eigenvalue weighted by Gasteiger charge is 2.15. The first-order valence-corrected chi connectivity index (χ1v) is 7.41. The van der Waals surface area contributed by atoms with Crippen LogP contribution in [0.4, 0.5) is 0 Å². The van der Waals surface area contributed by atoms with Crippen molar-refractivity contribution in [1.29, 1.82) is 0 Å². The van der Waals surface area contributed by atoms with Crippen molar-refractivity contribution in [2.45, 2.75) is 6.42 Å². The lowest BCUT2D eigenvalue weighted by molar-refractivity contribution is 0.390. The van der Waals surface area contributed by atoms with Crippen LogP contribution in [0, 0.1) is 0 Å². The minimum atomic E-state index is 0.415. The van der Waals surface area contributed by atoms with E-state index < -0.39 is 0 Å². The Morgan fingerprint density at radius 3 is 2.25 bits per heavy atom. The van der Waals surface area contributed by atoms with Crippen LogP contribution in [-0.4, -0.2) is 31.5 Å². The predicted octanol–water partition coefficient (Wildman–Crippen LogP) is 3.35. The molecule has 0 aliphatic carbocycles. The van der Waals surface area contributed by atoms with E-state index >= 15 is 0 Å². The number of nitrogens with zero attached hydrogens (tertiary/aromatic N) is 2. The van der Waals surface area contributed by atoms with Crippen LogP contribution in [0.1, 0.15) is 11.4 Å². The maximum atomic E-state index is 5.38. The summed E-state index contributed by atoms with van der Waals surface area (Å²) in [5.74, 6) is 3.16. The summed E-state index contributed by atoms with van der Waals surface area (Å²) in [5.41, 5.74) is 1.80. The van der Waals surface area contributed by atoms with Gasteiger partial charge < -0.3 is 18.7 Å². The molecule has 0 saturated carbocycles. The van der Waals surface area contributed by atoms with E-state index in [0.29, 0.717) is 29.6 Å². The summed E-state index contributed by atoms with van der Waals surface area (Å²) in [6.07, 6.45) is 0.575. The van der Waals surface area contributed by atoms with Gasteiger partial charge in [-0.1, -0.05) is 17.3 Å². The fourth-order valence-electron chi connectivity index (χ4n) is 2.34. The minimum absolute atomic E-state index is 0.415. The van der Waals surface area contributed by atoms with E-state index in [9.17, 15) is 0 Å². The van der Waals surface area contributed by atoms with E-state index in [1.54, 1.807) is 27.4 Å². The summed E-state index contributed by atoms with van der Waals surface area (Å²) < 4.78 is 21.1. The highest BCUT2D eigenvalue weighted by molar-refractivity contribution is 5.64. The number of rotatable bonds is 6. The normalized spacial score (nSPS) is 10.5. The lowest BCUT2D eigenvalue weighted by Gasteiger charge is -2.06. The summed E-state index contributed by atoms with van der Waals surface area (Å²) in [6, 6.07) is 13.2. The molecule has 0 N–H and O–H groups in total. The Balaban J connectivity index is 1.82. The van der Waals surface area contributed by atoms with Crippen molar-refractivity contribution < 1.29 is 18.7 Å². The number of ether oxygens (including phenoxy) is 3. The molecule has 1 aromatic heterocycles. The number of hydrogen-bond donors (Lipinski definition) is 0. The van der Waals surface area contributed by atoms with E-state index in [-0.39, 0.29) is 0 Å². The van der Waals surface area contributed by atoms with Crippen molar-refractivity contribution in [1.82, 2.24) is 10.1 Å². The third kappa shape index (κ3) is 3.32. The zero-order chi connectivity index (χ0) is 16.9. The zero-order valence-electron chi connectivity index (χ0n) is 13.8. The van der Waals surface area contributed by atoms with Crippen LogP contribution < -0.4 is 14.2 Å². The molecule has 124 valence electrons. The fourth-order valence-corrected chi connectivity index (χ4v) is 2.34. The molecule has 0 amide bonds. The van der Waals surface area contributed by atoms with Crippen LogP contribution in [0.5, 0.6) is 17.2 Å². The van der Waals surface area contributed by atoms with Gasteiger partial charge in [-0.25, -0.2) is 0 Å². The SMILES string of the molecule is COc1ccc(Cc2noc(-c3ccc(OC)cc3OC)n2)cc1. The molecule has 6 nitrogen and oxygen atoms in total. The minimum Gasteiger partial charge on any atom is -0.497 e. The zero-order valence-corrected chi connectivity index (χ0v) is 13.8. The van der Waals surface area contributed by atoms with Gasteiger partial charge in [0.1, 0.15) is 17.2 Å². The number of benzene rings is 2. The first kappa shape index (κ1) is 15.9. The Labute approximate surface area is 140 Å². The van der Waals surface area contributed by atoms with Crippen LogP contribution in [0.3, 0.4) is 0 Å². The van der Waals surface area contributed by atoms with E-state index in [4.69, 9.17) is 18.7 Å². The van der Waals surface area contributed by atoms with Gasteiger partial charge in [0.05, 0.1) is 26.9 Å². The molecule has 0 saturated heterocycles. The van der Waals surface area contributed by atoms with Crippen LogP contribution >= 0.6 is 0 Å². The first-order valence-electron chi connectivity index (χ1n) is 7.41. The molecule has 2 aromatic carbocycles. The van der Waals surface area contributed by atoms with E-state index in [1.807, 2.05) is 36.4 Å². The van der Waals surface area contributed by atoms with E-state index in [0.717, 1.165) is 16.9 Å². The molecule has 1 heterocycles. The van der Waals surface area contributed by atoms with Gasteiger partial charge in [-0.05, 0) is 29.8 Å². The molecule has 0 unspecified atom stereocenters. The smallest absolute Gasteiger partial charge is 0.261 e. The largest absolute Gasteiger partial charge is 0.497 e. The Morgan fingerprint density at radius 2 is 1.58 bits per heavy atom. The number of aromatic nitrogens is 2. The van der Waals surface area contributed by atoms with E-state index in [2.05, 4.69) is 10.1 Å². The van der Waals surface area contributed by atoms with Gasteiger partial charge in [-0.2, -0.15) is 4.98 Å². The third-order valence-electron chi connectivity index (χ3n) is 3.63. The standard InChI is InChI=1S/C18H18N2O4/c1-21-13-6-4-12(5-7-13)10-17-19-18(24-20-17)15-9-8-14(22-2)11-16(15)23-3/h4-9,11H,10H2,1-3H3. The van der Waals surface area contributed by atoms with Gasteiger partial charge in [0.15, 0.2) is 5.82 Å². The van der Waals surface area contributed by atoms with Crippen molar-refractivity contribution >= 4 is 0 Å². The van der Waals surface area contributed by atoms with Crippen molar-refractivity contribution in [3.8, 4) is 28.7 Å². The molecular weight excluding hydrogens is 308 g/mol. The highest BCUT2D eigenvalue weighted by atomic mass is 16.5. The molecule has 6 heteroatoms. The maximum absolute atomic E-state index is 5.38. The molecular formula is C18H18N2O4. The van der Waals surface area contributed by atoms with Gasteiger partial charge >= 0.3 is 0 Å². The van der Waals surface area contributed by atoms with Crippen molar-refractivity contribution in [3.63, 3.8) is 0 Å². The quantitative estimate of drug-likeness (QED) is 0.692. The lowest BCUT2D eigenvalue weighted by Crippen LogP contribution is -1.92. The Kier molecular flexibility index (Phi) is 4.65. The molecule has 0 aliphatic heterocycles. The van der Waals surface area contributed by atoms with Gasteiger partial charge in [0.2, 0.25) is 0 Å². The summed E-state index contributed by atoms with van der Waals surface area (Å²) in [5, 5.41) is 4.04. The van der Waals surface area contributed by atoms with Gasteiger partial charge in [0, 0.05) is 12.5 Å². The molecule has 3 aromatic rings.